The van der Waals surface area contributed by atoms with Crippen molar-refractivity contribution < 1.29 is 17.9 Å². The molecule has 0 aliphatic carbocycles. The molecule has 1 saturated heterocycles. The molecule has 6 nitrogen and oxygen atoms in total. The van der Waals surface area contributed by atoms with Gasteiger partial charge in [0.15, 0.2) is 0 Å². The van der Waals surface area contributed by atoms with E-state index in [9.17, 15) is 13.2 Å². The Morgan fingerprint density at radius 2 is 1.73 bits per heavy atom. The first-order valence-electron chi connectivity index (χ1n) is 11.0. The van der Waals surface area contributed by atoms with Crippen molar-refractivity contribution in [3.63, 3.8) is 0 Å². The number of ether oxygens (including phenoxy) is 1. The normalized spacial score (nSPS) is 15.4. The molecule has 0 saturated carbocycles. The van der Waals surface area contributed by atoms with Crippen LogP contribution in [0.2, 0.25) is 0 Å². The second-order valence-electron chi connectivity index (χ2n) is 7.97. The molecule has 3 aromatic carbocycles. The minimum Gasteiger partial charge on any atom is -0.491 e. The molecule has 1 amide bonds. The van der Waals surface area contributed by atoms with Crippen LogP contribution in [0.4, 0.5) is 0 Å². The summed E-state index contributed by atoms with van der Waals surface area (Å²) in [6.07, 6.45) is 2.98. The highest BCUT2D eigenvalue weighted by molar-refractivity contribution is 7.98. The first kappa shape index (κ1) is 23.6. The van der Waals surface area contributed by atoms with Crippen LogP contribution >= 0.6 is 11.8 Å². The first-order valence-corrected chi connectivity index (χ1v) is 13.7. The largest absolute Gasteiger partial charge is 0.491 e. The van der Waals surface area contributed by atoms with Crippen molar-refractivity contribution in [1.82, 2.24) is 9.62 Å². The maximum atomic E-state index is 12.9. The maximum absolute atomic E-state index is 12.9. The molecular formula is C25H28N2O4S2. The highest BCUT2D eigenvalue weighted by atomic mass is 32.2. The Morgan fingerprint density at radius 1 is 1.03 bits per heavy atom. The molecule has 0 radical (unpaired) electrons. The summed E-state index contributed by atoms with van der Waals surface area (Å²) in [4.78, 5) is 13.9. The van der Waals surface area contributed by atoms with Crippen LogP contribution in [0.25, 0.3) is 10.8 Å². The Kier molecular flexibility index (Phi) is 7.57. The fourth-order valence-electron chi connectivity index (χ4n) is 4.06. The van der Waals surface area contributed by atoms with Crippen molar-refractivity contribution in [2.24, 2.45) is 5.92 Å². The van der Waals surface area contributed by atoms with E-state index in [0.29, 0.717) is 44.0 Å². The highest BCUT2D eigenvalue weighted by Gasteiger charge is 2.32. The molecule has 0 atom stereocenters. The number of carbonyl (C=O) groups excluding carboxylic acids is 1. The molecule has 1 N–H and O–H groups in total. The number of amides is 1. The van der Waals surface area contributed by atoms with Gasteiger partial charge in [0.2, 0.25) is 15.9 Å². The molecule has 0 aromatic heterocycles. The number of fused-ring (bicyclic) bond motifs is 1. The molecule has 0 bridgehead atoms. The highest BCUT2D eigenvalue weighted by Crippen LogP contribution is 2.26. The van der Waals surface area contributed by atoms with E-state index in [1.165, 1.54) is 4.31 Å². The van der Waals surface area contributed by atoms with Gasteiger partial charge in [0, 0.05) is 29.3 Å². The lowest BCUT2D eigenvalue weighted by atomic mass is 9.97. The van der Waals surface area contributed by atoms with Gasteiger partial charge in [0.05, 0.1) is 11.4 Å². The summed E-state index contributed by atoms with van der Waals surface area (Å²) in [5.41, 5.74) is 0. The second kappa shape index (κ2) is 10.6. The van der Waals surface area contributed by atoms with Gasteiger partial charge in [0.25, 0.3) is 0 Å². The number of rotatable bonds is 8. The summed E-state index contributed by atoms with van der Waals surface area (Å²) < 4.78 is 33.2. The summed E-state index contributed by atoms with van der Waals surface area (Å²) in [5, 5.41) is 5.09. The predicted octanol–water partition coefficient (Wildman–Crippen LogP) is 4.16. The van der Waals surface area contributed by atoms with Gasteiger partial charge >= 0.3 is 0 Å². The van der Waals surface area contributed by atoms with Gasteiger partial charge in [-0.25, -0.2) is 8.42 Å². The SMILES string of the molecule is CSc1ccc(S(=O)(=O)N2CCC(C(=O)NCCOc3cccc4ccccc34)CC2)cc1. The monoisotopic (exact) mass is 484 g/mol. The number of hydrogen-bond acceptors (Lipinski definition) is 5. The molecular weight excluding hydrogens is 456 g/mol. The van der Waals surface area contributed by atoms with Crippen LogP contribution in [0.1, 0.15) is 12.8 Å². The Labute approximate surface area is 199 Å². The summed E-state index contributed by atoms with van der Waals surface area (Å²) in [6.45, 7) is 1.47. The van der Waals surface area contributed by atoms with Gasteiger partial charge in [-0.1, -0.05) is 36.4 Å². The molecule has 1 heterocycles. The summed E-state index contributed by atoms with van der Waals surface area (Å²) >= 11 is 1.57. The smallest absolute Gasteiger partial charge is 0.243 e. The Morgan fingerprint density at radius 3 is 2.45 bits per heavy atom. The van der Waals surface area contributed by atoms with Crippen molar-refractivity contribution in [2.75, 3.05) is 32.5 Å². The molecule has 8 heteroatoms. The van der Waals surface area contributed by atoms with Crippen LogP contribution in [0.3, 0.4) is 0 Å². The van der Waals surface area contributed by atoms with Crippen molar-refractivity contribution in [2.45, 2.75) is 22.6 Å². The molecule has 1 fully saturated rings. The lowest BCUT2D eigenvalue weighted by molar-refractivity contribution is -0.126. The van der Waals surface area contributed by atoms with E-state index in [1.807, 2.05) is 60.9 Å². The number of hydrogen-bond donors (Lipinski definition) is 1. The third kappa shape index (κ3) is 5.51. The van der Waals surface area contributed by atoms with Gasteiger partial charge in [-0.3, -0.25) is 4.79 Å². The summed E-state index contributed by atoms with van der Waals surface area (Å²) in [7, 11) is -3.53. The Hall–Kier alpha value is -2.55. The van der Waals surface area contributed by atoms with E-state index in [2.05, 4.69) is 5.32 Å². The third-order valence-electron chi connectivity index (χ3n) is 5.93. The second-order valence-corrected chi connectivity index (χ2v) is 10.8. The molecule has 4 rings (SSSR count). The van der Waals surface area contributed by atoms with Crippen molar-refractivity contribution in [3.05, 3.63) is 66.7 Å². The molecule has 174 valence electrons. The van der Waals surface area contributed by atoms with Crippen LogP contribution in [-0.2, 0) is 14.8 Å². The molecule has 1 aliphatic rings. The topological polar surface area (TPSA) is 75.7 Å². The van der Waals surface area contributed by atoms with E-state index in [1.54, 1.807) is 23.9 Å². The van der Waals surface area contributed by atoms with Gasteiger partial charge in [-0.2, -0.15) is 4.31 Å². The zero-order valence-corrected chi connectivity index (χ0v) is 20.2. The van der Waals surface area contributed by atoms with E-state index in [0.717, 1.165) is 21.4 Å². The van der Waals surface area contributed by atoms with Crippen molar-refractivity contribution in [3.8, 4) is 5.75 Å². The van der Waals surface area contributed by atoms with Gasteiger partial charge in [-0.15, -0.1) is 11.8 Å². The predicted molar refractivity (Wildman–Crippen MR) is 132 cm³/mol. The number of sulfonamides is 1. The number of carbonyl (C=O) groups is 1. The Balaban J connectivity index is 1.24. The van der Waals surface area contributed by atoms with Gasteiger partial charge in [-0.05, 0) is 54.8 Å². The fourth-order valence-corrected chi connectivity index (χ4v) is 5.93. The molecule has 3 aromatic rings. The minimum absolute atomic E-state index is 0.0436. The number of nitrogens with zero attached hydrogens (tertiary/aromatic N) is 1. The van der Waals surface area contributed by atoms with E-state index >= 15 is 0 Å². The standard InChI is InChI=1S/C25H28N2O4S2/c1-32-21-9-11-22(12-10-21)33(29,30)27-16-13-20(14-17-27)25(28)26-15-18-31-24-8-4-6-19-5-2-3-7-23(19)24/h2-12,20H,13-18H2,1H3,(H,26,28). The molecule has 0 unspecified atom stereocenters. The fraction of sp³-hybridized carbons (Fsp3) is 0.320. The minimum atomic E-state index is -3.53. The summed E-state index contributed by atoms with van der Waals surface area (Å²) in [6, 6.07) is 20.9. The van der Waals surface area contributed by atoms with Crippen LogP contribution in [0.5, 0.6) is 5.75 Å². The van der Waals surface area contributed by atoms with Gasteiger partial charge in [0.1, 0.15) is 12.4 Å². The van der Waals surface area contributed by atoms with E-state index in [-0.39, 0.29) is 11.8 Å². The van der Waals surface area contributed by atoms with Crippen LogP contribution in [-0.4, -0.2) is 51.1 Å². The lowest BCUT2D eigenvalue weighted by Crippen LogP contribution is -2.43. The third-order valence-corrected chi connectivity index (χ3v) is 8.59. The lowest BCUT2D eigenvalue weighted by Gasteiger charge is -2.30. The molecule has 33 heavy (non-hydrogen) atoms. The average Bonchev–Trinajstić information content (AvgIpc) is 2.86. The number of nitrogens with one attached hydrogen (secondary N) is 1. The Bertz CT molecular complexity index is 1200. The maximum Gasteiger partial charge on any atom is 0.243 e. The van der Waals surface area contributed by atoms with Gasteiger partial charge < -0.3 is 10.1 Å². The average molecular weight is 485 g/mol. The molecule has 0 spiro atoms. The first-order chi connectivity index (χ1) is 16.0. The molecule has 1 aliphatic heterocycles. The van der Waals surface area contributed by atoms with E-state index in [4.69, 9.17) is 4.74 Å². The zero-order chi connectivity index (χ0) is 23.3. The zero-order valence-electron chi connectivity index (χ0n) is 18.6. The number of piperidine rings is 1. The number of thioether (sulfide) groups is 1. The van der Waals surface area contributed by atoms with Crippen molar-refractivity contribution in [1.29, 1.82) is 0 Å². The van der Waals surface area contributed by atoms with Crippen molar-refractivity contribution >= 4 is 38.5 Å². The van der Waals surface area contributed by atoms with Crippen LogP contribution in [0, 0.1) is 5.92 Å². The summed E-state index contributed by atoms with van der Waals surface area (Å²) in [5.74, 6) is 0.567. The van der Waals surface area contributed by atoms with Crippen LogP contribution < -0.4 is 10.1 Å². The quantitative estimate of drug-likeness (QED) is 0.384. The van der Waals surface area contributed by atoms with Crippen LogP contribution in [0.15, 0.2) is 76.5 Å². The number of benzene rings is 3. The van der Waals surface area contributed by atoms with E-state index < -0.39 is 10.0 Å².